The van der Waals surface area contributed by atoms with Crippen LogP contribution in [0.25, 0.3) is 11.6 Å². The second-order valence-corrected chi connectivity index (χ2v) is 5.56. The van der Waals surface area contributed by atoms with Gasteiger partial charge in [0, 0.05) is 12.2 Å². The predicted molar refractivity (Wildman–Crippen MR) is 84.7 cm³/mol. The van der Waals surface area contributed by atoms with Gasteiger partial charge in [0.05, 0.1) is 16.4 Å². The van der Waals surface area contributed by atoms with E-state index in [-0.39, 0.29) is 0 Å². The quantitative estimate of drug-likeness (QED) is 0.851. The van der Waals surface area contributed by atoms with E-state index < -0.39 is 0 Å². The maximum atomic E-state index is 6.38. The highest BCUT2D eigenvalue weighted by Crippen LogP contribution is 2.36. The molecule has 0 unspecified atom stereocenters. The van der Waals surface area contributed by atoms with Crippen LogP contribution in [0.3, 0.4) is 0 Å². The second-order valence-electron chi connectivity index (χ2n) is 5.19. The molecule has 2 aromatic rings. The van der Waals surface area contributed by atoms with Gasteiger partial charge in [-0.2, -0.15) is 5.10 Å². The molecular formula is C16H18ClN3. The molecule has 0 spiro atoms. The van der Waals surface area contributed by atoms with E-state index >= 15 is 0 Å². The fourth-order valence-corrected chi connectivity index (χ4v) is 3.00. The molecule has 1 aliphatic rings. The first kappa shape index (κ1) is 13.3. The Morgan fingerprint density at radius 1 is 1.40 bits per heavy atom. The lowest BCUT2D eigenvalue weighted by Crippen LogP contribution is -1.99. The molecule has 1 aromatic carbocycles. The topological polar surface area (TPSA) is 43.8 Å². The minimum absolute atomic E-state index is 0.753. The Hall–Kier alpha value is -1.74. The number of halogens is 1. The van der Waals surface area contributed by atoms with Gasteiger partial charge in [-0.3, -0.25) is 4.68 Å². The normalized spacial score (nSPS) is 15.8. The van der Waals surface area contributed by atoms with Gasteiger partial charge in [0.2, 0.25) is 0 Å². The van der Waals surface area contributed by atoms with Gasteiger partial charge < -0.3 is 5.73 Å². The van der Waals surface area contributed by atoms with Crippen molar-refractivity contribution in [2.24, 2.45) is 0 Å². The van der Waals surface area contributed by atoms with Crippen molar-refractivity contribution in [2.45, 2.75) is 33.2 Å². The van der Waals surface area contributed by atoms with Crippen LogP contribution in [0.1, 0.15) is 35.9 Å². The average Bonchev–Trinajstić information content (AvgIpc) is 2.94. The highest BCUT2D eigenvalue weighted by atomic mass is 35.5. The minimum atomic E-state index is 0.753. The largest absolute Gasteiger partial charge is 0.399 e. The van der Waals surface area contributed by atoms with Crippen molar-refractivity contribution in [3.63, 3.8) is 0 Å². The van der Waals surface area contributed by atoms with Gasteiger partial charge in [-0.15, -0.1) is 0 Å². The number of hydrogen-bond donors (Lipinski definition) is 1. The average molecular weight is 288 g/mol. The molecule has 0 amide bonds. The van der Waals surface area contributed by atoms with E-state index in [1.165, 1.54) is 16.7 Å². The fourth-order valence-electron chi connectivity index (χ4n) is 2.81. The van der Waals surface area contributed by atoms with Gasteiger partial charge in [0.1, 0.15) is 0 Å². The first-order valence-corrected chi connectivity index (χ1v) is 7.30. The third kappa shape index (κ3) is 2.12. The van der Waals surface area contributed by atoms with Crippen molar-refractivity contribution in [2.75, 3.05) is 5.73 Å². The van der Waals surface area contributed by atoms with Gasteiger partial charge >= 0.3 is 0 Å². The Morgan fingerprint density at radius 3 is 2.95 bits per heavy atom. The first-order valence-electron chi connectivity index (χ1n) is 6.92. The molecule has 1 aliphatic carbocycles. The molecule has 0 atom stereocenters. The predicted octanol–water partition coefficient (Wildman–Crippen LogP) is 3.93. The summed E-state index contributed by atoms with van der Waals surface area (Å²) in [5.74, 6) is 0. The monoisotopic (exact) mass is 287 g/mol. The zero-order chi connectivity index (χ0) is 14.3. The molecule has 0 aliphatic heterocycles. The number of nitrogen functional groups attached to an aromatic ring is 1. The van der Waals surface area contributed by atoms with Crippen LogP contribution in [-0.2, 0) is 13.0 Å². The number of aromatic nitrogens is 2. The third-order valence-electron chi connectivity index (χ3n) is 3.84. The highest BCUT2D eigenvalue weighted by Gasteiger charge is 2.18. The number of rotatable bonds is 2. The van der Waals surface area contributed by atoms with Crippen LogP contribution in [0.2, 0.25) is 5.02 Å². The Bertz CT molecular complexity index is 698. The lowest BCUT2D eigenvalue weighted by molar-refractivity contribution is 0.648. The van der Waals surface area contributed by atoms with E-state index in [1.54, 1.807) is 0 Å². The number of fused-ring (bicyclic) bond motifs is 1. The summed E-state index contributed by atoms with van der Waals surface area (Å²) in [6.07, 6.45) is 4.25. The molecule has 4 heteroatoms. The van der Waals surface area contributed by atoms with Gasteiger partial charge in [0.25, 0.3) is 0 Å². The maximum Gasteiger partial charge on any atom is 0.0888 e. The minimum Gasteiger partial charge on any atom is -0.399 e. The summed E-state index contributed by atoms with van der Waals surface area (Å²) < 4.78 is 1.96. The number of nitrogens with zero attached hydrogens (tertiary/aromatic N) is 2. The zero-order valence-corrected chi connectivity index (χ0v) is 12.5. The number of nitrogens with two attached hydrogens (primary N) is 1. The van der Waals surface area contributed by atoms with Crippen LogP contribution >= 0.6 is 11.6 Å². The molecule has 0 saturated heterocycles. The van der Waals surface area contributed by atoms with E-state index in [1.807, 2.05) is 17.7 Å². The summed E-state index contributed by atoms with van der Waals surface area (Å²) >= 11 is 6.38. The van der Waals surface area contributed by atoms with Gasteiger partial charge in [-0.05, 0) is 61.6 Å². The summed E-state index contributed by atoms with van der Waals surface area (Å²) in [6, 6.07) is 6.14. The van der Waals surface area contributed by atoms with Crippen molar-refractivity contribution in [1.29, 1.82) is 0 Å². The number of anilines is 1. The number of allylic oxidation sites excluding steroid dienone is 1. The lowest BCUT2D eigenvalue weighted by atomic mass is 10.1. The summed E-state index contributed by atoms with van der Waals surface area (Å²) in [5, 5.41) is 5.21. The van der Waals surface area contributed by atoms with E-state index in [0.29, 0.717) is 0 Å². The molecule has 104 valence electrons. The van der Waals surface area contributed by atoms with Crippen LogP contribution < -0.4 is 5.73 Å². The third-order valence-corrected chi connectivity index (χ3v) is 4.31. The summed E-state index contributed by atoms with van der Waals surface area (Å²) in [5.41, 5.74) is 12.5. The van der Waals surface area contributed by atoms with Crippen LogP contribution in [0.4, 0.5) is 5.69 Å². The van der Waals surface area contributed by atoms with Gasteiger partial charge in [-0.1, -0.05) is 17.7 Å². The van der Waals surface area contributed by atoms with Crippen molar-refractivity contribution in [3.8, 4) is 0 Å². The first-order chi connectivity index (χ1) is 9.60. The molecule has 1 aromatic heterocycles. The smallest absolute Gasteiger partial charge is 0.0888 e. The van der Waals surface area contributed by atoms with Gasteiger partial charge in [0.15, 0.2) is 0 Å². The van der Waals surface area contributed by atoms with Crippen molar-refractivity contribution in [3.05, 3.63) is 45.7 Å². The van der Waals surface area contributed by atoms with Crippen LogP contribution in [0.15, 0.2) is 18.2 Å². The van der Waals surface area contributed by atoms with E-state index in [4.69, 9.17) is 17.3 Å². The van der Waals surface area contributed by atoms with Crippen LogP contribution in [-0.4, -0.2) is 9.78 Å². The molecule has 0 bridgehead atoms. The van der Waals surface area contributed by atoms with Gasteiger partial charge in [-0.25, -0.2) is 0 Å². The van der Waals surface area contributed by atoms with Crippen molar-refractivity contribution < 1.29 is 0 Å². The molecule has 1 heterocycles. The van der Waals surface area contributed by atoms with Crippen molar-refractivity contribution >= 4 is 28.9 Å². The lowest BCUT2D eigenvalue weighted by Gasteiger charge is -2.04. The summed E-state index contributed by atoms with van der Waals surface area (Å²) in [6.45, 7) is 4.84. The zero-order valence-electron chi connectivity index (χ0n) is 11.8. The molecule has 3 rings (SSSR count). The SMILES string of the molecule is CCn1nc(C)c(Cl)c1C=C1CCc2cc(N)ccc21. The van der Waals surface area contributed by atoms with Crippen molar-refractivity contribution in [1.82, 2.24) is 9.78 Å². The number of aryl methyl sites for hydroxylation is 3. The molecule has 0 saturated carbocycles. The maximum absolute atomic E-state index is 6.38. The fraction of sp³-hybridized carbons (Fsp3) is 0.312. The van der Waals surface area contributed by atoms with E-state index in [9.17, 15) is 0 Å². The Morgan fingerprint density at radius 2 is 2.20 bits per heavy atom. The second kappa shape index (κ2) is 4.98. The molecule has 3 nitrogen and oxygen atoms in total. The number of benzene rings is 1. The molecule has 20 heavy (non-hydrogen) atoms. The van der Waals surface area contributed by atoms with E-state index in [0.717, 1.165) is 41.5 Å². The highest BCUT2D eigenvalue weighted by molar-refractivity contribution is 6.32. The summed E-state index contributed by atoms with van der Waals surface area (Å²) in [4.78, 5) is 0. The Labute approximate surface area is 124 Å². The molecule has 0 radical (unpaired) electrons. The Balaban J connectivity index is 2.08. The molecule has 0 fully saturated rings. The molecular weight excluding hydrogens is 270 g/mol. The molecule has 2 N–H and O–H groups in total. The standard InChI is InChI=1S/C16H18ClN3/c1-3-20-15(16(17)10(2)19-20)9-12-5-4-11-8-13(18)6-7-14(11)12/h6-9H,3-5,18H2,1-2H3. The van der Waals surface area contributed by atoms with Crippen LogP contribution in [0.5, 0.6) is 0 Å². The summed E-state index contributed by atoms with van der Waals surface area (Å²) in [7, 11) is 0. The Kier molecular flexibility index (Phi) is 3.30. The van der Waals surface area contributed by atoms with E-state index in [2.05, 4.69) is 30.2 Å². The number of hydrogen-bond acceptors (Lipinski definition) is 2. The van der Waals surface area contributed by atoms with Crippen LogP contribution in [0, 0.1) is 6.92 Å².